The maximum absolute atomic E-state index is 12.7. The minimum Gasteiger partial charge on any atom is -0.497 e. The minimum atomic E-state index is -0.0919. The lowest BCUT2D eigenvalue weighted by atomic mass is 10.1. The Labute approximate surface area is 136 Å². The van der Waals surface area contributed by atoms with E-state index in [4.69, 9.17) is 17.0 Å². The minimum absolute atomic E-state index is 0.0919. The number of allylic oxidation sites excluding steroid dienone is 1. The lowest BCUT2D eigenvalue weighted by molar-refractivity contribution is 0.415. The summed E-state index contributed by atoms with van der Waals surface area (Å²) in [5, 5.41) is 2.63. The van der Waals surface area contributed by atoms with Crippen molar-refractivity contribution in [3.63, 3.8) is 0 Å². The molecular weight excluding hydrogens is 316 g/mol. The van der Waals surface area contributed by atoms with Crippen molar-refractivity contribution >= 4 is 33.8 Å². The molecule has 112 valence electrons. The molecule has 22 heavy (non-hydrogen) atoms. The number of fused-ring (bicyclic) bond motifs is 1. The van der Waals surface area contributed by atoms with Crippen LogP contribution in [0.15, 0.2) is 47.1 Å². The van der Waals surface area contributed by atoms with Crippen molar-refractivity contribution in [2.45, 2.75) is 6.54 Å². The molecule has 0 radical (unpaired) electrons. The zero-order valence-electron chi connectivity index (χ0n) is 12.0. The first kappa shape index (κ1) is 14.7. The Kier molecular flexibility index (Phi) is 3.96. The third kappa shape index (κ3) is 2.40. The van der Waals surface area contributed by atoms with Crippen LogP contribution in [-0.2, 0) is 6.54 Å². The van der Waals surface area contributed by atoms with Gasteiger partial charge in [0.05, 0.1) is 12.5 Å². The average molecular weight is 330 g/mol. The zero-order valence-corrected chi connectivity index (χ0v) is 13.6. The van der Waals surface area contributed by atoms with Gasteiger partial charge in [-0.05, 0) is 29.9 Å². The molecule has 2 heterocycles. The van der Waals surface area contributed by atoms with Gasteiger partial charge < -0.3 is 9.72 Å². The Hall–Kier alpha value is -2.18. The molecule has 0 saturated heterocycles. The molecule has 0 amide bonds. The fourth-order valence-electron chi connectivity index (χ4n) is 2.33. The maximum Gasteiger partial charge on any atom is 0.263 e. The number of aromatic amines is 1. The molecule has 0 fully saturated rings. The quantitative estimate of drug-likeness (QED) is 0.581. The van der Waals surface area contributed by atoms with Crippen molar-refractivity contribution in [1.29, 1.82) is 0 Å². The van der Waals surface area contributed by atoms with E-state index in [-0.39, 0.29) is 5.56 Å². The van der Waals surface area contributed by atoms with Crippen molar-refractivity contribution in [3.8, 4) is 16.9 Å². The first-order valence-corrected chi connectivity index (χ1v) is 7.94. The summed E-state index contributed by atoms with van der Waals surface area (Å²) in [7, 11) is 1.63. The van der Waals surface area contributed by atoms with E-state index in [0.717, 1.165) is 21.7 Å². The predicted octanol–water partition coefficient (Wildman–Crippen LogP) is 3.98. The van der Waals surface area contributed by atoms with Gasteiger partial charge in [0, 0.05) is 17.5 Å². The fraction of sp³-hybridized carbons (Fsp3) is 0.125. The molecule has 0 aliphatic rings. The van der Waals surface area contributed by atoms with Crippen molar-refractivity contribution in [3.05, 3.63) is 57.4 Å². The van der Waals surface area contributed by atoms with E-state index in [1.165, 1.54) is 15.9 Å². The first-order valence-electron chi connectivity index (χ1n) is 6.65. The van der Waals surface area contributed by atoms with E-state index in [9.17, 15) is 4.79 Å². The molecule has 1 aromatic carbocycles. The lowest BCUT2D eigenvalue weighted by Gasteiger charge is -2.05. The van der Waals surface area contributed by atoms with Gasteiger partial charge in [-0.25, -0.2) is 0 Å². The van der Waals surface area contributed by atoms with E-state index in [1.807, 2.05) is 29.6 Å². The van der Waals surface area contributed by atoms with Gasteiger partial charge in [0.25, 0.3) is 5.56 Å². The Morgan fingerprint density at radius 1 is 1.41 bits per heavy atom. The largest absolute Gasteiger partial charge is 0.497 e. The summed E-state index contributed by atoms with van der Waals surface area (Å²) in [6.45, 7) is 4.07. The number of nitrogens with one attached hydrogen (secondary N) is 1. The number of hydrogen-bond acceptors (Lipinski definition) is 4. The molecule has 0 bridgehead atoms. The number of aromatic nitrogens is 2. The SMILES string of the molecule is C=CCn1c(=S)[nH]c2scc(-c3ccc(OC)cc3)c2c1=O. The number of nitrogens with zero attached hydrogens (tertiary/aromatic N) is 1. The summed E-state index contributed by atoms with van der Waals surface area (Å²) in [6, 6.07) is 7.65. The molecule has 0 saturated carbocycles. The number of methoxy groups -OCH3 is 1. The van der Waals surface area contributed by atoms with Crippen LogP contribution in [0.4, 0.5) is 0 Å². The third-order valence-electron chi connectivity index (χ3n) is 3.43. The Morgan fingerprint density at radius 2 is 2.14 bits per heavy atom. The van der Waals surface area contributed by atoms with Crippen LogP contribution in [0.2, 0.25) is 0 Å². The highest BCUT2D eigenvalue weighted by molar-refractivity contribution is 7.71. The second kappa shape index (κ2) is 5.90. The fourth-order valence-corrected chi connectivity index (χ4v) is 3.62. The van der Waals surface area contributed by atoms with E-state index in [2.05, 4.69) is 11.6 Å². The molecule has 3 rings (SSSR count). The van der Waals surface area contributed by atoms with Crippen LogP contribution in [0.1, 0.15) is 0 Å². The van der Waals surface area contributed by atoms with Crippen LogP contribution in [0.25, 0.3) is 21.3 Å². The van der Waals surface area contributed by atoms with Crippen molar-refractivity contribution < 1.29 is 4.74 Å². The van der Waals surface area contributed by atoms with Gasteiger partial charge in [0.15, 0.2) is 4.77 Å². The summed E-state index contributed by atoms with van der Waals surface area (Å²) in [5.74, 6) is 0.784. The van der Waals surface area contributed by atoms with Crippen LogP contribution in [0.5, 0.6) is 5.75 Å². The number of rotatable bonds is 4. The molecule has 0 unspecified atom stereocenters. The van der Waals surface area contributed by atoms with Crippen molar-refractivity contribution in [2.24, 2.45) is 0 Å². The first-order chi connectivity index (χ1) is 10.7. The van der Waals surface area contributed by atoms with E-state index < -0.39 is 0 Å². The van der Waals surface area contributed by atoms with Gasteiger partial charge in [0.2, 0.25) is 0 Å². The summed E-state index contributed by atoms with van der Waals surface area (Å²) in [6.07, 6.45) is 1.66. The number of benzene rings is 1. The van der Waals surface area contributed by atoms with Crippen LogP contribution in [0, 0.1) is 4.77 Å². The number of H-pyrrole nitrogens is 1. The van der Waals surface area contributed by atoms with Gasteiger partial charge in [-0.15, -0.1) is 17.9 Å². The second-order valence-electron chi connectivity index (χ2n) is 4.72. The smallest absolute Gasteiger partial charge is 0.263 e. The lowest BCUT2D eigenvalue weighted by Crippen LogP contribution is -2.21. The van der Waals surface area contributed by atoms with Crippen LogP contribution < -0.4 is 10.3 Å². The molecule has 0 spiro atoms. The number of thiophene rings is 1. The molecule has 0 aliphatic carbocycles. The number of hydrogen-bond donors (Lipinski definition) is 1. The monoisotopic (exact) mass is 330 g/mol. The second-order valence-corrected chi connectivity index (χ2v) is 5.98. The molecule has 0 aliphatic heterocycles. The van der Waals surface area contributed by atoms with Gasteiger partial charge >= 0.3 is 0 Å². The molecule has 4 nitrogen and oxygen atoms in total. The molecule has 3 aromatic rings. The Bertz CT molecular complexity index is 949. The van der Waals surface area contributed by atoms with Gasteiger partial charge in [0.1, 0.15) is 10.6 Å². The highest BCUT2D eigenvalue weighted by Gasteiger charge is 2.13. The topological polar surface area (TPSA) is 47.0 Å². The predicted molar refractivity (Wildman–Crippen MR) is 93.5 cm³/mol. The third-order valence-corrected chi connectivity index (χ3v) is 4.65. The van der Waals surface area contributed by atoms with E-state index in [1.54, 1.807) is 13.2 Å². The zero-order chi connectivity index (χ0) is 15.7. The van der Waals surface area contributed by atoms with Crippen LogP contribution in [-0.4, -0.2) is 16.7 Å². The van der Waals surface area contributed by atoms with Gasteiger partial charge in [-0.1, -0.05) is 18.2 Å². The normalized spacial score (nSPS) is 10.8. The highest BCUT2D eigenvalue weighted by atomic mass is 32.1. The van der Waals surface area contributed by atoms with Crippen LogP contribution >= 0.6 is 23.6 Å². The summed E-state index contributed by atoms with van der Waals surface area (Å²) in [5.41, 5.74) is 1.78. The molecule has 0 atom stereocenters. The van der Waals surface area contributed by atoms with Crippen LogP contribution in [0.3, 0.4) is 0 Å². The van der Waals surface area contributed by atoms with E-state index in [0.29, 0.717) is 16.7 Å². The molecular formula is C16H14N2O2S2. The van der Waals surface area contributed by atoms with Gasteiger partial charge in [-0.2, -0.15) is 0 Å². The Balaban J connectivity index is 2.26. The molecule has 1 N–H and O–H groups in total. The maximum atomic E-state index is 12.7. The standard InChI is InChI=1S/C16H14N2O2S2/c1-3-8-18-15(19)13-12(9-22-14(13)17-16(18)21)10-4-6-11(20-2)7-5-10/h3-7,9H,1,8H2,2H3,(H,17,21). The summed E-state index contributed by atoms with van der Waals surface area (Å²) < 4.78 is 7.11. The molecule has 2 aromatic heterocycles. The van der Waals surface area contributed by atoms with Gasteiger partial charge in [-0.3, -0.25) is 9.36 Å². The summed E-state index contributed by atoms with van der Waals surface area (Å²) >= 11 is 6.72. The summed E-state index contributed by atoms with van der Waals surface area (Å²) in [4.78, 5) is 16.6. The highest BCUT2D eigenvalue weighted by Crippen LogP contribution is 2.31. The molecule has 6 heteroatoms. The van der Waals surface area contributed by atoms with E-state index >= 15 is 0 Å². The van der Waals surface area contributed by atoms with Crippen molar-refractivity contribution in [1.82, 2.24) is 9.55 Å². The van der Waals surface area contributed by atoms with Crippen molar-refractivity contribution in [2.75, 3.05) is 7.11 Å². The Morgan fingerprint density at radius 3 is 2.77 bits per heavy atom. The average Bonchev–Trinajstić information content (AvgIpc) is 2.95. The number of ether oxygens (including phenoxy) is 1.